The fraction of sp³-hybridized carbons (Fsp3) is 0.429. The van der Waals surface area contributed by atoms with E-state index in [1.807, 2.05) is 18.2 Å². The van der Waals surface area contributed by atoms with Gasteiger partial charge in [-0.15, -0.1) is 0 Å². The topological polar surface area (TPSA) is 78.4 Å². The minimum Gasteiger partial charge on any atom is -0.396 e. The van der Waals surface area contributed by atoms with Crippen LogP contribution in [0.3, 0.4) is 0 Å². The quantitative estimate of drug-likeness (QED) is 0.549. The van der Waals surface area contributed by atoms with Crippen LogP contribution in [-0.4, -0.2) is 30.1 Å². The van der Waals surface area contributed by atoms with Gasteiger partial charge in [-0.1, -0.05) is 6.07 Å². The molecule has 102 valence electrons. The molecule has 0 aromatic heterocycles. The summed E-state index contributed by atoms with van der Waals surface area (Å²) in [5, 5.41) is 13.6. The molecule has 1 aromatic rings. The third-order valence-electron chi connectivity index (χ3n) is 3.18. The molecule has 1 aromatic carbocycles. The minimum atomic E-state index is -0.672. The van der Waals surface area contributed by atoms with E-state index in [1.165, 1.54) is 11.1 Å². The number of fused-ring (bicyclic) bond motifs is 1. The lowest BCUT2D eigenvalue weighted by molar-refractivity contribution is -0.136. The zero-order chi connectivity index (χ0) is 13.7. The number of benzene rings is 1. The van der Waals surface area contributed by atoms with Gasteiger partial charge < -0.3 is 15.7 Å². The monoisotopic (exact) mass is 262 g/mol. The van der Waals surface area contributed by atoms with Crippen LogP contribution < -0.4 is 10.6 Å². The molecule has 1 aliphatic carbocycles. The Hall–Kier alpha value is -1.88. The molecule has 2 amide bonds. The number of hydrogen-bond acceptors (Lipinski definition) is 3. The van der Waals surface area contributed by atoms with Gasteiger partial charge in [-0.05, 0) is 48.9 Å². The summed E-state index contributed by atoms with van der Waals surface area (Å²) in [6.45, 7) is 0.291. The van der Waals surface area contributed by atoms with E-state index in [9.17, 15) is 9.59 Å². The summed E-state index contributed by atoms with van der Waals surface area (Å²) in [4.78, 5) is 23.1. The van der Waals surface area contributed by atoms with Crippen molar-refractivity contribution in [2.45, 2.75) is 25.7 Å². The maximum absolute atomic E-state index is 11.6. The molecule has 19 heavy (non-hydrogen) atoms. The first kappa shape index (κ1) is 13.5. The number of hydrogen-bond donors (Lipinski definition) is 3. The highest BCUT2D eigenvalue weighted by molar-refractivity contribution is 6.39. The first-order chi connectivity index (χ1) is 9.20. The van der Waals surface area contributed by atoms with Crippen LogP contribution in [0, 0.1) is 0 Å². The Bertz CT molecular complexity index is 486. The predicted octanol–water partition coefficient (Wildman–Crippen LogP) is 0.612. The van der Waals surface area contributed by atoms with Gasteiger partial charge in [0.1, 0.15) is 0 Å². The van der Waals surface area contributed by atoms with Gasteiger partial charge in [0.2, 0.25) is 0 Å². The highest BCUT2D eigenvalue weighted by atomic mass is 16.3. The molecule has 5 heteroatoms. The van der Waals surface area contributed by atoms with Gasteiger partial charge in [-0.2, -0.15) is 0 Å². The van der Waals surface area contributed by atoms with E-state index in [-0.39, 0.29) is 6.61 Å². The Morgan fingerprint density at radius 3 is 2.74 bits per heavy atom. The average molecular weight is 262 g/mol. The second-order valence-corrected chi connectivity index (χ2v) is 4.62. The van der Waals surface area contributed by atoms with Gasteiger partial charge in [0.15, 0.2) is 0 Å². The van der Waals surface area contributed by atoms with Crippen LogP contribution in [-0.2, 0) is 22.4 Å². The Balaban J connectivity index is 1.90. The fourth-order valence-electron chi connectivity index (χ4n) is 2.20. The number of aliphatic hydroxyl groups is 1. The van der Waals surface area contributed by atoms with E-state index in [1.54, 1.807) is 0 Å². The molecule has 1 aliphatic rings. The molecule has 0 unspecified atom stereocenters. The van der Waals surface area contributed by atoms with Crippen molar-refractivity contribution in [2.24, 2.45) is 0 Å². The Morgan fingerprint density at radius 1 is 1.16 bits per heavy atom. The summed E-state index contributed by atoms with van der Waals surface area (Å²) in [7, 11) is 0. The third kappa shape index (κ3) is 3.54. The Morgan fingerprint density at radius 2 is 1.95 bits per heavy atom. The van der Waals surface area contributed by atoms with Crippen molar-refractivity contribution < 1.29 is 14.7 Å². The van der Waals surface area contributed by atoms with Crippen LogP contribution in [0.25, 0.3) is 0 Å². The number of carbonyl (C=O) groups is 2. The number of aryl methyl sites for hydroxylation is 2. The number of nitrogens with one attached hydrogen (secondary N) is 2. The zero-order valence-electron chi connectivity index (χ0n) is 10.7. The van der Waals surface area contributed by atoms with Crippen molar-refractivity contribution in [3.63, 3.8) is 0 Å². The summed E-state index contributed by atoms with van der Waals surface area (Å²) in [6, 6.07) is 5.76. The van der Waals surface area contributed by atoms with Crippen molar-refractivity contribution in [3.05, 3.63) is 29.3 Å². The molecular formula is C14H18N2O3. The summed E-state index contributed by atoms with van der Waals surface area (Å²) >= 11 is 0. The van der Waals surface area contributed by atoms with E-state index in [0.29, 0.717) is 18.7 Å². The molecule has 0 heterocycles. The molecule has 0 atom stereocenters. The van der Waals surface area contributed by atoms with Crippen LogP contribution >= 0.6 is 0 Å². The van der Waals surface area contributed by atoms with Gasteiger partial charge in [0.05, 0.1) is 0 Å². The molecule has 2 rings (SSSR count). The summed E-state index contributed by atoms with van der Waals surface area (Å²) in [5.41, 5.74) is 3.23. The van der Waals surface area contributed by atoms with Crippen molar-refractivity contribution in [3.8, 4) is 0 Å². The van der Waals surface area contributed by atoms with E-state index in [2.05, 4.69) is 10.6 Å². The molecule has 3 N–H and O–H groups in total. The molecule has 0 spiro atoms. The molecule has 0 aliphatic heterocycles. The van der Waals surface area contributed by atoms with Gasteiger partial charge >= 0.3 is 11.8 Å². The number of carbonyl (C=O) groups excluding carboxylic acids is 2. The lowest BCUT2D eigenvalue weighted by atomic mass is 10.1. The van der Waals surface area contributed by atoms with Crippen molar-refractivity contribution >= 4 is 17.5 Å². The second-order valence-electron chi connectivity index (χ2n) is 4.62. The summed E-state index contributed by atoms with van der Waals surface area (Å²) in [6.07, 6.45) is 3.71. The minimum absolute atomic E-state index is 0.00722. The Labute approximate surface area is 112 Å². The molecule has 0 saturated carbocycles. The number of amides is 2. The lowest BCUT2D eigenvalue weighted by Gasteiger charge is -2.07. The fourth-order valence-corrected chi connectivity index (χ4v) is 2.20. The van der Waals surface area contributed by atoms with E-state index < -0.39 is 11.8 Å². The number of aliphatic hydroxyl groups excluding tert-OH is 1. The van der Waals surface area contributed by atoms with Gasteiger partial charge in [-0.3, -0.25) is 9.59 Å². The van der Waals surface area contributed by atoms with Crippen molar-refractivity contribution in [1.82, 2.24) is 5.32 Å². The van der Waals surface area contributed by atoms with Crippen molar-refractivity contribution in [1.29, 1.82) is 0 Å². The van der Waals surface area contributed by atoms with Crippen LogP contribution in [0.5, 0.6) is 0 Å². The van der Waals surface area contributed by atoms with E-state index >= 15 is 0 Å². The van der Waals surface area contributed by atoms with E-state index in [4.69, 9.17) is 5.11 Å². The normalized spacial score (nSPS) is 12.9. The molecule has 5 nitrogen and oxygen atoms in total. The molecule has 0 radical (unpaired) electrons. The number of anilines is 1. The standard InChI is InChI=1S/C14H18N2O3/c17-8-2-7-15-13(18)14(19)16-12-6-5-10-3-1-4-11(10)9-12/h5-6,9,17H,1-4,7-8H2,(H,15,18)(H,16,19). The largest absolute Gasteiger partial charge is 0.396 e. The van der Waals surface area contributed by atoms with Gasteiger partial charge in [0, 0.05) is 18.8 Å². The summed E-state index contributed by atoms with van der Waals surface area (Å²) in [5.74, 6) is -1.34. The van der Waals surface area contributed by atoms with Gasteiger partial charge in [-0.25, -0.2) is 0 Å². The van der Waals surface area contributed by atoms with Crippen LogP contribution in [0.1, 0.15) is 24.0 Å². The van der Waals surface area contributed by atoms with Crippen LogP contribution in [0.15, 0.2) is 18.2 Å². The first-order valence-electron chi connectivity index (χ1n) is 6.52. The third-order valence-corrected chi connectivity index (χ3v) is 3.18. The zero-order valence-corrected chi connectivity index (χ0v) is 10.7. The maximum atomic E-state index is 11.6. The second kappa shape index (κ2) is 6.33. The predicted molar refractivity (Wildman–Crippen MR) is 71.8 cm³/mol. The summed E-state index contributed by atoms with van der Waals surface area (Å²) < 4.78 is 0. The smallest absolute Gasteiger partial charge is 0.313 e. The lowest BCUT2D eigenvalue weighted by Crippen LogP contribution is -2.36. The maximum Gasteiger partial charge on any atom is 0.313 e. The highest BCUT2D eigenvalue weighted by Gasteiger charge is 2.15. The molecular weight excluding hydrogens is 244 g/mol. The Kier molecular flexibility index (Phi) is 4.52. The molecule has 0 fully saturated rings. The first-order valence-corrected chi connectivity index (χ1v) is 6.52. The SMILES string of the molecule is O=C(NCCCO)C(=O)Nc1ccc2c(c1)CCC2. The van der Waals surface area contributed by atoms with Crippen LogP contribution in [0.2, 0.25) is 0 Å². The van der Waals surface area contributed by atoms with Gasteiger partial charge in [0.25, 0.3) is 0 Å². The molecule has 0 saturated heterocycles. The average Bonchev–Trinajstić information content (AvgIpc) is 2.86. The van der Waals surface area contributed by atoms with E-state index in [0.717, 1.165) is 19.3 Å². The van der Waals surface area contributed by atoms with Crippen molar-refractivity contribution in [2.75, 3.05) is 18.5 Å². The number of rotatable bonds is 4. The van der Waals surface area contributed by atoms with Crippen LogP contribution in [0.4, 0.5) is 5.69 Å². The highest BCUT2D eigenvalue weighted by Crippen LogP contribution is 2.24. The molecule has 0 bridgehead atoms.